The standard InChI is InChI=1S/C32H35FN8O2S2/c1-32(2,3)43-31(42)40-15-13-39(14-16-40)20-23-9-11-25-27(17-23)41(45-33)30(37-25)29-26(19-35-38-29)36-28-12-10-24(18-34-28)44-21-22-7-5-4-6-8-22/h4-12,17-19H,13-16,20-21H2,1-3H3,(H,34,36)(H,35,38). The number of hydrogen-bond acceptors (Lipinski definition) is 9. The predicted octanol–water partition coefficient (Wildman–Crippen LogP) is 7.29. The Morgan fingerprint density at radius 3 is 2.53 bits per heavy atom. The number of H-pyrrole nitrogens is 1. The molecule has 0 radical (unpaired) electrons. The summed E-state index contributed by atoms with van der Waals surface area (Å²) >= 11 is 1.82. The van der Waals surface area contributed by atoms with Crippen molar-refractivity contribution in [2.24, 2.45) is 0 Å². The van der Waals surface area contributed by atoms with Crippen molar-refractivity contribution in [3.8, 4) is 11.5 Å². The summed E-state index contributed by atoms with van der Waals surface area (Å²) in [5.41, 5.74) is 4.31. The summed E-state index contributed by atoms with van der Waals surface area (Å²) in [6.07, 6.45) is 3.20. The van der Waals surface area contributed by atoms with Gasteiger partial charge in [-0.2, -0.15) is 5.10 Å². The molecule has 13 heteroatoms. The van der Waals surface area contributed by atoms with Crippen molar-refractivity contribution in [2.45, 2.75) is 43.6 Å². The van der Waals surface area contributed by atoms with Gasteiger partial charge < -0.3 is 15.0 Å². The number of carbonyl (C=O) groups excluding carboxylic acids is 1. The number of thioether (sulfide) groups is 1. The van der Waals surface area contributed by atoms with Gasteiger partial charge in [0.2, 0.25) is 0 Å². The minimum absolute atomic E-state index is 0.102. The highest BCUT2D eigenvalue weighted by Gasteiger charge is 2.26. The number of carbonyl (C=O) groups is 1. The molecule has 45 heavy (non-hydrogen) atoms. The Morgan fingerprint density at radius 1 is 1.02 bits per heavy atom. The van der Waals surface area contributed by atoms with E-state index < -0.39 is 5.60 Å². The Kier molecular flexibility index (Phi) is 9.29. The predicted molar refractivity (Wildman–Crippen MR) is 178 cm³/mol. The molecule has 3 aromatic heterocycles. The topological polar surface area (TPSA) is 104 Å². The zero-order valence-electron chi connectivity index (χ0n) is 25.4. The zero-order chi connectivity index (χ0) is 31.4. The number of halogens is 1. The third-order valence-electron chi connectivity index (χ3n) is 7.29. The summed E-state index contributed by atoms with van der Waals surface area (Å²) < 4.78 is 21.5. The number of aromatic amines is 1. The van der Waals surface area contributed by atoms with Gasteiger partial charge in [-0.05, 0) is 56.2 Å². The number of imidazole rings is 1. The highest BCUT2D eigenvalue weighted by atomic mass is 32.2. The van der Waals surface area contributed by atoms with Crippen LogP contribution in [-0.2, 0) is 17.0 Å². The van der Waals surface area contributed by atoms with E-state index >= 15 is 0 Å². The van der Waals surface area contributed by atoms with Crippen LogP contribution in [0.1, 0.15) is 31.9 Å². The average Bonchev–Trinajstić information content (AvgIpc) is 3.64. The van der Waals surface area contributed by atoms with E-state index in [1.54, 1.807) is 22.9 Å². The third-order valence-corrected chi connectivity index (χ3v) is 8.85. The largest absolute Gasteiger partial charge is 0.444 e. The molecule has 10 nitrogen and oxygen atoms in total. The first-order valence-corrected chi connectivity index (χ1v) is 16.4. The number of benzene rings is 2. The number of piperazine rings is 1. The smallest absolute Gasteiger partial charge is 0.410 e. The van der Waals surface area contributed by atoms with Crippen LogP contribution >= 0.6 is 24.1 Å². The van der Waals surface area contributed by atoms with Crippen LogP contribution in [0.5, 0.6) is 0 Å². The number of fused-ring (bicyclic) bond motifs is 1. The van der Waals surface area contributed by atoms with E-state index in [0.29, 0.717) is 53.7 Å². The maximum Gasteiger partial charge on any atom is 0.410 e. The molecule has 5 aromatic rings. The average molecular weight is 647 g/mol. The number of nitrogens with one attached hydrogen (secondary N) is 2. The fourth-order valence-corrected chi connectivity index (χ4v) is 6.30. The minimum atomic E-state index is -0.517. The minimum Gasteiger partial charge on any atom is -0.444 e. The van der Waals surface area contributed by atoms with Gasteiger partial charge in [-0.25, -0.2) is 18.7 Å². The second kappa shape index (κ2) is 13.5. The lowest BCUT2D eigenvalue weighted by Crippen LogP contribution is -2.49. The van der Waals surface area contributed by atoms with Gasteiger partial charge in [-0.1, -0.05) is 36.4 Å². The van der Waals surface area contributed by atoms with E-state index in [9.17, 15) is 8.68 Å². The van der Waals surface area contributed by atoms with E-state index in [0.717, 1.165) is 29.3 Å². The number of pyridine rings is 1. The lowest BCUT2D eigenvalue weighted by Gasteiger charge is -2.35. The molecule has 1 aliphatic rings. The molecule has 0 spiro atoms. The van der Waals surface area contributed by atoms with Gasteiger partial charge in [0.05, 0.1) is 22.9 Å². The van der Waals surface area contributed by atoms with Gasteiger partial charge in [0.15, 0.2) is 18.2 Å². The number of amides is 1. The number of nitrogens with zero attached hydrogens (tertiary/aromatic N) is 6. The van der Waals surface area contributed by atoms with Crippen molar-refractivity contribution in [3.63, 3.8) is 0 Å². The van der Waals surface area contributed by atoms with Crippen LogP contribution in [0.3, 0.4) is 0 Å². The number of ether oxygens (including phenoxy) is 1. The van der Waals surface area contributed by atoms with Gasteiger partial charge in [0, 0.05) is 49.6 Å². The molecule has 2 aromatic carbocycles. The monoisotopic (exact) mass is 646 g/mol. The molecule has 1 saturated heterocycles. The fourth-order valence-electron chi connectivity index (χ4n) is 5.07. The van der Waals surface area contributed by atoms with Crippen LogP contribution in [0, 0.1) is 0 Å². The van der Waals surface area contributed by atoms with Crippen LogP contribution in [0.4, 0.5) is 20.2 Å². The SMILES string of the molecule is CC(C)(C)OC(=O)N1CCN(Cc2ccc3nc(-c4[nH]ncc4Nc4ccc(SCc5ccccc5)cn4)n(SF)c3c2)CC1. The van der Waals surface area contributed by atoms with Crippen LogP contribution in [-0.4, -0.2) is 71.8 Å². The molecular weight excluding hydrogens is 612 g/mol. The second-order valence-corrected chi connectivity index (χ2v) is 13.4. The van der Waals surface area contributed by atoms with E-state index in [-0.39, 0.29) is 18.4 Å². The molecular formula is C32H35FN8O2S2. The lowest BCUT2D eigenvalue weighted by molar-refractivity contribution is 0.0139. The maximum absolute atomic E-state index is 14.5. The summed E-state index contributed by atoms with van der Waals surface area (Å²) in [6.45, 7) is 8.94. The molecule has 1 fully saturated rings. The molecule has 4 heterocycles. The maximum atomic E-state index is 14.5. The molecule has 0 saturated carbocycles. The molecule has 0 bridgehead atoms. The third kappa shape index (κ3) is 7.60. The van der Waals surface area contributed by atoms with Crippen molar-refractivity contribution in [2.75, 3.05) is 31.5 Å². The number of hydrogen-bond donors (Lipinski definition) is 2. The number of aromatic nitrogens is 5. The van der Waals surface area contributed by atoms with Crippen LogP contribution < -0.4 is 5.32 Å². The molecule has 0 aliphatic carbocycles. The van der Waals surface area contributed by atoms with Gasteiger partial charge in [-0.15, -0.1) is 15.6 Å². The zero-order valence-corrected chi connectivity index (χ0v) is 27.0. The molecule has 0 atom stereocenters. The molecule has 2 N–H and O–H groups in total. The van der Waals surface area contributed by atoms with Crippen molar-refractivity contribution in [1.82, 2.24) is 33.9 Å². The normalized spacial score (nSPS) is 14.2. The Hall–Kier alpha value is -4.07. The van der Waals surface area contributed by atoms with Gasteiger partial charge in [0.1, 0.15) is 17.1 Å². The van der Waals surface area contributed by atoms with Crippen molar-refractivity contribution >= 4 is 52.7 Å². The molecule has 1 aliphatic heterocycles. The summed E-state index contributed by atoms with van der Waals surface area (Å²) in [6, 6.07) is 20.1. The van der Waals surface area contributed by atoms with Crippen LogP contribution in [0.2, 0.25) is 0 Å². The number of rotatable bonds is 9. The highest BCUT2D eigenvalue weighted by molar-refractivity contribution is 7.98. The highest BCUT2D eigenvalue weighted by Crippen LogP contribution is 2.34. The van der Waals surface area contributed by atoms with Gasteiger partial charge in [0.25, 0.3) is 0 Å². The van der Waals surface area contributed by atoms with E-state index in [1.807, 2.05) is 75.5 Å². The number of anilines is 2. The first-order valence-electron chi connectivity index (χ1n) is 14.7. The van der Waals surface area contributed by atoms with Gasteiger partial charge in [-0.3, -0.25) is 10.00 Å². The lowest BCUT2D eigenvalue weighted by atomic mass is 10.1. The van der Waals surface area contributed by atoms with Crippen molar-refractivity contribution in [1.29, 1.82) is 0 Å². The van der Waals surface area contributed by atoms with E-state index in [4.69, 9.17) is 9.72 Å². The molecule has 6 rings (SSSR count). The van der Waals surface area contributed by atoms with Crippen molar-refractivity contribution in [3.05, 3.63) is 84.2 Å². The quantitative estimate of drug-likeness (QED) is 0.160. The van der Waals surface area contributed by atoms with Crippen LogP contribution in [0.15, 0.2) is 78.0 Å². The van der Waals surface area contributed by atoms with E-state index in [2.05, 4.69) is 37.5 Å². The summed E-state index contributed by atoms with van der Waals surface area (Å²) in [4.78, 5) is 26.8. The van der Waals surface area contributed by atoms with Crippen molar-refractivity contribution < 1.29 is 13.4 Å². The second-order valence-electron chi connectivity index (χ2n) is 11.8. The fraction of sp³-hybridized carbons (Fsp3) is 0.312. The Balaban J connectivity index is 1.12. The summed E-state index contributed by atoms with van der Waals surface area (Å²) in [5.74, 6) is 1.92. The van der Waals surface area contributed by atoms with E-state index in [1.165, 1.54) is 9.54 Å². The van der Waals surface area contributed by atoms with Gasteiger partial charge >= 0.3 is 6.09 Å². The Labute approximate surface area is 270 Å². The molecule has 234 valence electrons. The first kappa shape index (κ1) is 30.9. The summed E-state index contributed by atoms with van der Waals surface area (Å²) in [7, 11) is 0. The Bertz CT molecular complexity index is 1750. The first-order chi connectivity index (χ1) is 21.8. The molecule has 1 amide bonds. The summed E-state index contributed by atoms with van der Waals surface area (Å²) in [5, 5.41) is 10.5. The molecule has 0 unspecified atom stereocenters. The Morgan fingerprint density at radius 2 is 1.82 bits per heavy atom. The van der Waals surface area contributed by atoms with Crippen LogP contribution in [0.25, 0.3) is 22.6 Å².